The minimum Gasteiger partial charge on any atom is -0.480 e. The summed E-state index contributed by atoms with van der Waals surface area (Å²) in [6, 6.07) is 3.30. The molecule has 1 aromatic heterocycles. The number of aliphatic carboxylic acids is 1. The maximum Gasteiger partial charge on any atom is 0.326 e. The third kappa shape index (κ3) is 3.96. The van der Waals surface area contributed by atoms with Crippen LogP contribution in [0.1, 0.15) is 16.1 Å². The molecule has 1 unspecified atom stereocenters. The zero-order valence-corrected chi connectivity index (χ0v) is 12.1. The topological polar surface area (TPSA) is 95.1 Å². The highest BCUT2D eigenvalue weighted by atomic mass is 35.5. The van der Waals surface area contributed by atoms with Gasteiger partial charge in [0, 0.05) is 23.3 Å². The quantitative estimate of drug-likeness (QED) is 0.784. The molecule has 0 radical (unpaired) electrons. The van der Waals surface area contributed by atoms with Crippen molar-refractivity contribution in [3.05, 3.63) is 52.0 Å². The van der Waals surface area contributed by atoms with Crippen LogP contribution in [0.2, 0.25) is 10.0 Å². The number of nitrogens with zero attached hydrogens (tertiary/aromatic N) is 1. The first-order chi connectivity index (χ1) is 9.97. The summed E-state index contributed by atoms with van der Waals surface area (Å²) < 4.78 is 0. The first-order valence-electron chi connectivity index (χ1n) is 5.93. The van der Waals surface area contributed by atoms with Crippen molar-refractivity contribution in [2.45, 2.75) is 12.5 Å². The first-order valence-corrected chi connectivity index (χ1v) is 6.69. The van der Waals surface area contributed by atoms with Crippen molar-refractivity contribution in [3.63, 3.8) is 0 Å². The van der Waals surface area contributed by atoms with E-state index in [-0.39, 0.29) is 17.0 Å². The van der Waals surface area contributed by atoms with E-state index in [9.17, 15) is 14.7 Å². The molecule has 3 N–H and O–H groups in total. The van der Waals surface area contributed by atoms with E-state index in [4.69, 9.17) is 23.2 Å². The van der Waals surface area contributed by atoms with E-state index < -0.39 is 17.9 Å². The lowest BCUT2D eigenvalue weighted by atomic mass is 10.1. The molecular formula is C13H11Cl2N3O3. The highest BCUT2D eigenvalue weighted by Gasteiger charge is 2.22. The second-order valence-corrected chi connectivity index (χ2v) is 5.11. The van der Waals surface area contributed by atoms with Gasteiger partial charge in [-0.25, -0.2) is 9.78 Å². The lowest BCUT2D eigenvalue weighted by Gasteiger charge is -2.14. The molecule has 0 saturated carbocycles. The number of carboxylic acid groups (broad SMARTS) is 1. The fourth-order valence-electron chi connectivity index (χ4n) is 1.72. The number of halogens is 2. The van der Waals surface area contributed by atoms with E-state index in [0.717, 1.165) is 0 Å². The Kier molecular flexibility index (Phi) is 4.82. The maximum absolute atomic E-state index is 12.1. The van der Waals surface area contributed by atoms with Crippen LogP contribution in [-0.4, -0.2) is 33.0 Å². The van der Waals surface area contributed by atoms with Gasteiger partial charge in [-0.15, -0.1) is 0 Å². The third-order valence-electron chi connectivity index (χ3n) is 2.76. The van der Waals surface area contributed by atoms with Crippen LogP contribution in [0.4, 0.5) is 0 Å². The van der Waals surface area contributed by atoms with Crippen molar-refractivity contribution < 1.29 is 14.7 Å². The summed E-state index contributed by atoms with van der Waals surface area (Å²) in [5.74, 6) is -1.76. The molecule has 21 heavy (non-hydrogen) atoms. The van der Waals surface area contributed by atoms with E-state index in [0.29, 0.717) is 10.7 Å². The average molecular weight is 328 g/mol. The number of nitrogens with one attached hydrogen (secondary N) is 2. The molecular weight excluding hydrogens is 317 g/mol. The summed E-state index contributed by atoms with van der Waals surface area (Å²) in [7, 11) is 0. The van der Waals surface area contributed by atoms with Gasteiger partial charge >= 0.3 is 5.97 Å². The van der Waals surface area contributed by atoms with Crippen LogP contribution in [0.15, 0.2) is 30.7 Å². The highest BCUT2D eigenvalue weighted by Crippen LogP contribution is 2.20. The molecule has 1 atom stereocenters. The predicted octanol–water partition coefficient (Wildman–Crippen LogP) is 2.14. The summed E-state index contributed by atoms with van der Waals surface area (Å²) in [5, 5.41) is 12.1. The van der Waals surface area contributed by atoms with Gasteiger partial charge < -0.3 is 15.4 Å². The van der Waals surface area contributed by atoms with E-state index in [1.165, 1.54) is 24.7 Å². The summed E-state index contributed by atoms with van der Waals surface area (Å²) >= 11 is 11.7. The van der Waals surface area contributed by atoms with Gasteiger partial charge in [0.1, 0.15) is 6.04 Å². The molecule has 0 aliphatic rings. The van der Waals surface area contributed by atoms with Crippen LogP contribution in [0.5, 0.6) is 0 Å². The van der Waals surface area contributed by atoms with Gasteiger partial charge in [0.2, 0.25) is 0 Å². The molecule has 1 amide bonds. The van der Waals surface area contributed by atoms with Gasteiger partial charge in [0.25, 0.3) is 5.91 Å². The van der Waals surface area contributed by atoms with Crippen LogP contribution in [0.25, 0.3) is 0 Å². The number of aromatic amines is 1. The fraction of sp³-hybridized carbons (Fsp3) is 0.154. The number of rotatable bonds is 5. The van der Waals surface area contributed by atoms with Crippen LogP contribution in [0, 0.1) is 0 Å². The number of benzene rings is 1. The zero-order chi connectivity index (χ0) is 15.4. The van der Waals surface area contributed by atoms with Gasteiger partial charge in [-0.05, 0) is 18.2 Å². The average Bonchev–Trinajstić information content (AvgIpc) is 2.93. The van der Waals surface area contributed by atoms with Gasteiger partial charge in [-0.1, -0.05) is 23.2 Å². The van der Waals surface area contributed by atoms with Crippen molar-refractivity contribution >= 4 is 35.1 Å². The molecule has 0 bridgehead atoms. The normalized spacial score (nSPS) is 11.9. The predicted molar refractivity (Wildman–Crippen MR) is 77.6 cm³/mol. The Morgan fingerprint density at radius 1 is 1.38 bits per heavy atom. The van der Waals surface area contributed by atoms with E-state index in [2.05, 4.69) is 15.3 Å². The Bertz CT molecular complexity index is 659. The molecule has 2 rings (SSSR count). The number of carboxylic acids is 1. The molecule has 0 aliphatic heterocycles. The number of carbonyl (C=O) groups is 2. The lowest BCUT2D eigenvalue weighted by Crippen LogP contribution is -2.42. The van der Waals surface area contributed by atoms with Crippen molar-refractivity contribution in [2.75, 3.05) is 0 Å². The Morgan fingerprint density at radius 2 is 2.14 bits per heavy atom. The Hall–Kier alpha value is -2.05. The van der Waals surface area contributed by atoms with Crippen molar-refractivity contribution in [1.29, 1.82) is 0 Å². The standard InChI is InChI=1S/C13H11Cl2N3O3/c14-7-1-2-10(15)9(3-7)12(19)18-11(13(20)21)4-8-5-16-6-17-8/h1-3,5-6,11H,4H2,(H,16,17)(H,18,19)(H,20,21). The van der Waals surface area contributed by atoms with Crippen molar-refractivity contribution in [2.24, 2.45) is 0 Å². The van der Waals surface area contributed by atoms with E-state index >= 15 is 0 Å². The second-order valence-electron chi connectivity index (χ2n) is 4.27. The number of H-pyrrole nitrogens is 1. The molecule has 1 heterocycles. The van der Waals surface area contributed by atoms with Crippen LogP contribution in [0.3, 0.4) is 0 Å². The molecule has 0 spiro atoms. The summed E-state index contributed by atoms with van der Waals surface area (Å²) in [5.41, 5.74) is 0.722. The molecule has 0 saturated heterocycles. The zero-order valence-electron chi connectivity index (χ0n) is 10.6. The molecule has 110 valence electrons. The molecule has 1 aromatic carbocycles. The number of hydrogen-bond donors (Lipinski definition) is 3. The highest BCUT2D eigenvalue weighted by molar-refractivity contribution is 6.35. The number of carbonyl (C=O) groups excluding carboxylic acids is 1. The van der Waals surface area contributed by atoms with Crippen LogP contribution in [-0.2, 0) is 11.2 Å². The monoisotopic (exact) mass is 327 g/mol. The minimum absolute atomic E-state index is 0.0826. The third-order valence-corrected chi connectivity index (χ3v) is 3.32. The molecule has 8 heteroatoms. The SMILES string of the molecule is O=C(NC(Cc1cnc[nH]1)C(=O)O)c1cc(Cl)ccc1Cl. The Balaban J connectivity index is 2.14. The van der Waals surface area contributed by atoms with E-state index in [1.807, 2.05) is 0 Å². The lowest BCUT2D eigenvalue weighted by molar-refractivity contribution is -0.139. The number of amides is 1. The summed E-state index contributed by atoms with van der Waals surface area (Å²) in [6.45, 7) is 0. The number of hydrogen-bond acceptors (Lipinski definition) is 3. The number of imidazole rings is 1. The summed E-state index contributed by atoms with van der Waals surface area (Å²) in [6.07, 6.45) is 3.01. The summed E-state index contributed by atoms with van der Waals surface area (Å²) in [4.78, 5) is 29.9. The maximum atomic E-state index is 12.1. The van der Waals surface area contributed by atoms with E-state index in [1.54, 1.807) is 6.07 Å². The Morgan fingerprint density at radius 3 is 2.76 bits per heavy atom. The second kappa shape index (κ2) is 6.60. The van der Waals surface area contributed by atoms with Gasteiger partial charge in [0.05, 0.1) is 16.9 Å². The number of aromatic nitrogens is 2. The van der Waals surface area contributed by atoms with Crippen LogP contribution < -0.4 is 5.32 Å². The largest absolute Gasteiger partial charge is 0.480 e. The van der Waals surface area contributed by atoms with Crippen LogP contribution >= 0.6 is 23.2 Å². The molecule has 0 aliphatic carbocycles. The minimum atomic E-state index is -1.16. The van der Waals surface area contributed by atoms with Gasteiger partial charge in [0.15, 0.2) is 0 Å². The van der Waals surface area contributed by atoms with Gasteiger partial charge in [-0.3, -0.25) is 4.79 Å². The molecule has 2 aromatic rings. The molecule has 0 fully saturated rings. The van der Waals surface area contributed by atoms with Crippen molar-refractivity contribution in [3.8, 4) is 0 Å². The van der Waals surface area contributed by atoms with Crippen molar-refractivity contribution in [1.82, 2.24) is 15.3 Å². The smallest absolute Gasteiger partial charge is 0.326 e. The first kappa shape index (κ1) is 15.3. The van der Waals surface area contributed by atoms with Gasteiger partial charge in [-0.2, -0.15) is 0 Å². The fourth-order valence-corrected chi connectivity index (χ4v) is 2.10. The Labute approximate surface area is 130 Å². The molecule has 6 nitrogen and oxygen atoms in total.